The molecule has 4 aromatic rings. The standard InChI is InChI=1S/2C16H22.2C15H21N/c2*1-2-6-15-13-9-10-14(11-13)16(15)12-7-4-3-5-8-12;2*1-2-16-15-13-9-8-12(10-13)14(15)11-6-4-3-5-7-11/h2*3-5,7-8,13-16H,2,6,9-11H2,1H3;2*3-7,12-16H,2,8-10H2,1H3. The van der Waals surface area contributed by atoms with Gasteiger partial charge in [0.1, 0.15) is 0 Å². The van der Waals surface area contributed by atoms with Crippen LogP contribution in [0.15, 0.2) is 121 Å². The molecule has 0 spiro atoms. The first-order valence-corrected chi connectivity index (χ1v) is 27.3. The molecular formula is C62H86N2. The van der Waals surface area contributed by atoms with Gasteiger partial charge in [-0.15, -0.1) is 0 Å². The molecule has 2 N–H and O–H groups in total. The normalized spacial score (nSPS) is 36.8. The zero-order chi connectivity index (χ0) is 43.8. The minimum absolute atomic E-state index is 0.742. The Labute approximate surface area is 391 Å². The van der Waals surface area contributed by atoms with Gasteiger partial charge in [-0.05, 0) is 196 Å². The van der Waals surface area contributed by atoms with Crippen molar-refractivity contribution in [1.29, 1.82) is 0 Å². The maximum Gasteiger partial charge on any atom is 0.0167 e. The summed E-state index contributed by atoms with van der Waals surface area (Å²) in [5.41, 5.74) is 6.35. The van der Waals surface area contributed by atoms with Crippen molar-refractivity contribution in [3.63, 3.8) is 0 Å². The Bertz CT molecular complexity index is 1660. The minimum atomic E-state index is 0.742. The van der Waals surface area contributed by atoms with E-state index in [0.717, 1.165) is 108 Å². The van der Waals surface area contributed by atoms with E-state index in [1.807, 2.05) is 0 Å². The maximum absolute atomic E-state index is 3.72. The van der Waals surface area contributed by atoms with Gasteiger partial charge in [0.25, 0.3) is 0 Å². The highest BCUT2D eigenvalue weighted by Gasteiger charge is 2.50. The highest BCUT2D eigenvalue weighted by Crippen LogP contribution is 2.59. The van der Waals surface area contributed by atoms with Gasteiger partial charge in [0.05, 0.1) is 0 Å². The Morgan fingerprint density at radius 3 is 0.906 bits per heavy atom. The van der Waals surface area contributed by atoms with E-state index in [-0.39, 0.29) is 0 Å². The van der Waals surface area contributed by atoms with Crippen molar-refractivity contribution < 1.29 is 0 Å². The van der Waals surface area contributed by atoms with Crippen LogP contribution in [-0.2, 0) is 0 Å². The monoisotopic (exact) mass is 859 g/mol. The number of rotatable bonds is 12. The second-order valence-corrected chi connectivity index (χ2v) is 22.2. The van der Waals surface area contributed by atoms with Crippen molar-refractivity contribution >= 4 is 0 Å². The Balaban J connectivity index is 0.000000108. The maximum atomic E-state index is 3.72. The first-order chi connectivity index (χ1) is 31.6. The average molecular weight is 859 g/mol. The van der Waals surface area contributed by atoms with Crippen LogP contribution in [0.5, 0.6) is 0 Å². The zero-order valence-electron chi connectivity index (χ0n) is 40.5. The molecule has 64 heavy (non-hydrogen) atoms. The fraction of sp³-hybridized carbons (Fsp3) is 0.613. The van der Waals surface area contributed by atoms with Crippen LogP contribution in [0.25, 0.3) is 0 Å². The number of nitrogens with one attached hydrogen (secondary N) is 2. The van der Waals surface area contributed by atoms with Crippen LogP contribution in [-0.4, -0.2) is 25.2 Å². The van der Waals surface area contributed by atoms with Crippen molar-refractivity contribution in [2.75, 3.05) is 13.1 Å². The second-order valence-electron chi connectivity index (χ2n) is 22.2. The molecule has 0 amide bonds. The van der Waals surface area contributed by atoms with Crippen LogP contribution in [0, 0.1) is 59.2 Å². The van der Waals surface area contributed by atoms with E-state index >= 15 is 0 Å². The van der Waals surface area contributed by atoms with E-state index in [4.69, 9.17) is 0 Å². The van der Waals surface area contributed by atoms with Gasteiger partial charge in [-0.3, -0.25) is 0 Å². The van der Waals surface area contributed by atoms with E-state index in [9.17, 15) is 0 Å². The van der Waals surface area contributed by atoms with Crippen molar-refractivity contribution in [1.82, 2.24) is 10.6 Å². The van der Waals surface area contributed by atoms with Crippen molar-refractivity contribution in [2.24, 2.45) is 59.2 Å². The SMILES string of the molecule is CCCC1C2CCC(C2)C1c1ccccc1.CCCC1C2CCC(C2)C1c1ccccc1.CCNC1C2CCC(C2)C1c1ccccc1.CCNC1C2CCC(C2)C1c1ccccc1. The molecule has 8 fully saturated rings. The lowest BCUT2D eigenvalue weighted by Gasteiger charge is -2.32. The lowest BCUT2D eigenvalue weighted by atomic mass is 9.74. The molecule has 0 aromatic heterocycles. The molecule has 8 saturated carbocycles. The molecule has 4 aromatic carbocycles. The van der Waals surface area contributed by atoms with Gasteiger partial charge in [0, 0.05) is 23.9 Å². The molecular weight excluding hydrogens is 773 g/mol. The Morgan fingerprint density at radius 2 is 0.594 bits per heavy atom. The van der Waals surface area contributed by atoms with Crippen LogP contribution in [0.3, 0.4) is 0 Å². The molecule has 16 unspecified atom stereocenters. The zero-order valence-corrected chi connectivity index (χ0v) is 40.5. The van der Waals surface area contributed by atoms with Gasteiger partial charge in [-0.25, -0.2) is 0 Å². The molecule has 0 radical (unpaired) electrons. The molecule has 0 heterocycles. The predicted molar refractivity (Wildman–Crippen MR) is 272 cm³/mol. The molecule has 12 rings (SSSR count). The fourth-order valence-electron chi connectivity index (χ4n) is 16.7. The van der Waals surface area contributed by atoms with Gasteiger partial charge in [-0.1, -0.05) is 162 Å². The highest BCUT2D eigenvalue weighted by atomic mass is 14.9. The van der Waals surface area contributed by atoms with E-state index in [0.29, 0.717) is 0 Å². The third kappa shape index (κ3) is 9.91. The number of hydrogen-bond donors (Lipinski definition) is 2. The summed E-state index contributed by atoms with van der Waals surface area (Å²) in [5.74, 6) is 13.2. The second kappa shape index (κ2) is 22.1. The fourth-order valence-corrected chi connectivity index (χ4v) is 16.7. The van der Waals surface area contributed by atoms with Crippen molar-refractivity contribution in [3.8, 4) is 0 Å². The number of benzene rings is 4. The topological polar surface area (TPSA) is 24.1 Å². The van der Waals surface area contributed by atoms with E-state index in [2.05, 4.69) is 160 Å². The van der Waals surface area contributed by atoms with Crippen LogP contribution < -0.4 is 10.6 Å². The first-order valence-electron chi connectivity index (χ1n) is 27.3. The van der Waals surface area contributed by atoms with Crippen LogP contribution in [0.2, 0.25) is 0 Å². The van der Waals surface area contributed by atoms with Crippen molar-refractivity contribution in [2.45, 2.75) is 166 Å². The Morgan fingerprint density at radius 1 is 0.328 bits per heavy atom. The van der Waals surface area contributed by atoms with Gasteiger partial charge in [-0.2, -0.15) is 0 Å². The molecule has 8 bridgehead atoms. The van der Waals surface area contributed by atoms with Gasteiger partial charge < -0.3 is 10.6 Å². The number of likely N-dealkylation sites (N-methyl/N-ethyl adjacent to an activating group) is 2. The molecule has 8 aliphatic carbocycles. The average Bonchev–Trinajstić information content (AvgIpc) is 4.23. The van der Waals surface area contributed by atoms with E-state index in [1.54, 1.807) is 22.3 Å². The van der Waals surface area contributed by atoms with E-state index in [1.165, 1.54) is 103 Å². The largest absolute Gasteiger partial charge is 0.313 e. The molecule has 8 aliphatic rings. The predicted octanol–water partition coefficient (Wildman–Crippen LogP) is 15.6. The van der Waals surface area contributed by atoms with Crippen LogP contribution >= 0.6 is 0 Å². The first kappa shape index (κ1) is 45.9. The summed E-state index contributed by atoms with van der Waals surface area (Å²) in [4.78, 5) is 0. The minimum Gasteiger partial charge on any atom is -0.313 e. The summed E-state index contributed by atoms with van der Waals surface area (Å²) in [6.45, 7) is 11.4. The lowest BCUT2D eigenvalue weighted by Crippen LogP contribution is -2.39. The lowest BCUT2D eigenvalue weighted by molar-refractivity contribution is 0.270. The summed E-state index contributed by atoms with van der Waals surface area (Å²) in [5, 5.41) is 7.45. The van der Waals surface area contributed by atoms with Crippen LogP contribution in [0.4, 0.5) is 0 Å². The highest BCUT2D eigenvalue weighted by molar-refractivity contribution is 5.29. The summed E-state index contributed by atoms with van der Waals surface area (Å²) in [6.07, 6.45) is 23.4. The summed E-state index contributed by atoms with van der Waals surface area (Å²) in [7, 11) is 0. The third-order valence-corrected chi connectivity index (χ3v) is 18.9. The summed E-state index contributed by atoms with van der Waals surface area (Å²) >= 11 is 0. The Kier molecular flexibility index (Phi) is 15.8. The molecule has 0 saturated heterocycles. The molecule has 2 heteroatoms. The van der Waals surface area contributed by atoms with Gasteiger partial charge >= 0.3 is 0 Å². The number of fused-ring (bicyclic) bond motifs is 8. The molecule has 344 valence electrons. The molecule has 2 nitrogen and oxygen atoms in total. The van der Waals surface area contributed by atoms with E-state index < -0.39 is 0 Å². The number of hydrogen-bond acceptors (Lipinski definition) is 2. The molecule has 16 atom stereocenters. The van der Waals surface area contributed by atoms with Crippen LogP contribution in [0.1, 0.15) is 176 Å². The molecule has 0 aliphatic heterocycles. The quantitative estimate of drug-likeness (QED) is 0.148. The van der Waals surface area contributed by atoms with Crippen molar-refractivity contribution in [3.05, 3.63) is 144 Å². The third-order valence-electron chi connectivity index (χ3n) is 18.9. The van der Waals surface area contributed by atoms with Gasteiger partial charge in [0.2, 0.25) is 0 Å². The van der Waals surface area contributed by atoms with Gasteiger partial charge in [0.15, 0.2) is 0 Å². The smallest absolute Gasteiger partial charge is 0.0167 e. The Hall–Kier alpha value is -3.20. The summed E-state index contributed by atoms with van der Waals surface area (Å²) in [6, 6.07) is 46.3. The summed E-state index contributed by atoms with van der Waals surface area (Å²) < 4.78 is 0.